The molecule has 47 heavy (non-hydrogen) atoms. The molecule has 0 spiro atoms. The van der Waals surface area contributed by atoms with Gasteiger partial charge in [-0.3, -0.25) is 0 Å². The van der Waals surface area contributed by atoms with Crippen molar-refractivity contribution in [3.05, 3.63) is 64.5 Å². The third kappa shape index (κ3) is 8.46. The number of hydrogen-bond acceptors (Lipinski definition) is 14. The van der Waals surface area contributed by atoms with Crippen LogP contribution in [0, 0.1) is 24.7 Å². The van der Waals surface area contributed by atoms with Crippen molar-refractivity contribution in [2.75, 3.05) is 20.3 Å². The van der Waals surface area contributed by atoms with Gasteiger partial charge in [0, 0.05) is 10.8 Å². The molecule has 2 bridgehead atoms. The Morgan fingerprint density at radius 3 is 2.11 bits per heavy atom. The van der Waals surface area contributed by atoms with Crippen LogP contribution in [0.15, 0.2) is 53.6 Å². The minimum absolute atomic E-state index is 0.0211. The van der Waals surface area contributed by atoms with Crippen molar-refractivity contribution < 1.29 is 57.3 Å². The smallest absolute Gasteiger partial charge is 0.449 e. The van der Waals surface area contributed by atoms with Crippen molar-refractivity contribution >= 4 is 20.8 Å². The van der Waals surface area contributed by atoms with E-state index in [1.165, 1.54) is 43.5 Å². The summed E-state index contributed by atoms with van der Waals surface area (Å²) in [6.45, 7) is 6.80. The van der Waals surface area contributed by atoms with Gasteiger partial charge in [0.25, 0.3) is 0 Å². The summed E-state index contributed by atoms with van der Waals surface area (Å²) >= 11 is 0. The van der Waals surface area contributed by atoms with Gasteiger partial charge >= 0.3 is 20.8 Å². The van der Waals surface area contributed by atoms with Crippen LogP contribution in [0.4, 0.5) is 0 Å². The number of aryl methyl sites for hydroxylation is 1. The lowest BCUT2D eigenvalue weighted by molar-refractivity contribution is -0.290. The molecule has 3 heterocycles. The van der Waals surface area contributed by atoms with E-state index in [9.17, 15) is 22.4 Å². The van der Waals surface area contributed by atoms with Gasteiger partial charge in [0.1, 0.15) is 29.5 Å². The molecular formula is C29H37N3O13S2. The number of rotatable bonds is 13. The second kappa shape index (κ2) is 14.5. The number of fused-ring (bicyclic) bond motifs is 2. The van der Waals surface area contributed by atoms with Crippen molar-refractivity contribution in [1.29, 1.82) is 0 Å². The summed E-state index contributed by atoms with van der Waals surface area (Å²) in [5.74, 6) is -0.740. The van der Waals surface area contributed by atoms with Gasteiger partial charge in [0.05, 0.1) is 38.6 Å². The molecule has 3 aliphatic heterocycles. The van der Waals surface area contributed by atoms with E-state index in [1.54, 1.807) is 26.0 Å². The molecule has 2 aromatic rings. The zero-order valence-corrected chi connectivity index (χ0v) is 27.9. The van der Waals surface area contributed by atoms with E-state index in [0.717, 1.165) is 5.56 Å². The largest absolute Gasteiger partial charge is 0.497 e. The first-order valence-corrected chi connectivity index (χ1v) is 17.5. The maximum Gasteiger partial charge on any atom is 0.449 e. The number of ether oxygens (including phenoxy) is 5. The molecule has 0 radical (unpaired) electrons. The normalized spacial score (nSPS) is 32.3. The minimum atomic E-state index is -4.56. The van der Waals surface area contributed by atoms with E-state index in [0.29, 0.717) is 5.75 Å². The lowest BCUT2D eigenvalue weighted by atomic mass is 9.82. The monoisotopic (exact) mass is 699 g/mol. The third-order valence-corrected chi connectivity index (χ3v) is 10.2. The standard InChI is InChI=1S/C29H37N3O13S2/c1-16-6-8-21(9-7-16)44-47(35,36)45-27-19(4)26(24-14-38-29(27)41-24)42-28-25(31-32-30)18(3)17(2)23(40-28)15-39-46(33,34)43-22-12-10-20(37-5)11-13-22/h6-13,17-19,23-29H,14-15H2,1-5H3/t17-,18-,19-,23?,24?,25?,26-,27?,28+,29+/m0/s1. The molecule has 0 amide bonds. The zero-order valence-electron chi connectivity index (χ0n) is 26.3. The highest BCUT2D eigenvalue weighted by Crippen LogP contribution is 2.40. The first-order chi connectivity index (χ1) is 22.3. The van der Waals surface area contributed by atoms with Gasteiger partial charge in [0.15, 0.2) is 12.6 Å². The summed E-state index contributed by atoms with van der Waals surface area (Å²) in [6.07, 6.45) is -5.68. The molecule has 2 aromatic carbocycles. The second-order valence-electron chi connectivity index (χ2n) is 11.6. The molecule has 0 N–H and O–H groups in total. The van der Waals surface area contributed by atoms with Crippen LogP contribution in [0.25, 0.3) is 10.4 Å². The molecule has 4 unspecified atom stereocenters. The molecule has 0 aromatic heterocycles. The Hall–Kier alpha value is -3.19. The molecule has 3 aliphatic rings. The van der Waals surface area contributed by atoms with Crippen LogP contribution in [0.5, 0.6) is 17.2 Å². The van der Waals surface area contributed by atoms with E-state index < -0.39 is 76.4 Å². The Bertz CT molecular complexity index is 1640. The van der Waals surface area contributed by atoms with E-state index >= 15 is 0 Å². The van der Waals surface area contributed by atoms with Gasteiger partial charge in [-0.25, -0.2) is 8.37 Å². The fraction of sp³-hybridized carbons (Fsp3) is 0.586. The summed E-state index contributed by atoms with van der Waals surface area (Å²) in [5.41, 5.74) is 10.2. The van der Waals surface area contributed by atoms with Gasteiger partial charge < -0.3 is 32.1 Å². The molecule has 0 aliphatic carbocycles. The summed E-state index contributed by atoms with van der Waals surface area (Å²) in [5, 5.41) is 3.91. The number of azide groups is 1. The van der Waals surface area contributed by atoms with E-state index in [-0.39, 0.29) is 29.9 Å². The van der Waals surface area contributed by atoms with Gasteiger partial charge in [-0.15, -0.1) is 0 Å². The highest BCUT2D eigenvalue weighted by molar-refractivity contribution is 7.82. The van der Waals surface area contributed by atoms with Crippen molar-refractivity contribution in [3.63, 3.8) is 0 Å². The van der Waals surface area contributed by atoms with Crippen LogP contribution >= 0.6 is 0 Å². The molecule has 3 saturated heterocycles. The summed E-state index contributed by atoms with van der Waals surface area (Å²) < 4.78 is 101. The zero-order chi connectivity index (χ0) is 33.9. The second-order valence-corrected chi connectivity index (χ2v) is 14.0. The van der Waals surface area contributed by atoms with Crippen molar-refractivity contribution in [2.45, 2.75) is 70.7 Å². The lowest BCUT2D eigenvalue weighted by Gasteiger charge is -2.46. The van der Waals surface area contributed by atoms with E-state index in [1.807, 2.05) is 13.8 Å². The van der Waals surface area contributed by atoms with Crippen LogP contribution in [-0.2, 0) is 48.1 Å². The van der Waals surface area contributed by atoms with E-state index in [4.69, 9.17) is 40.4 Å². The maximum absolute atomic E-state index is 12.9. The third-order valence-electron chi connectivity index (χ3n) is 8.51. The van der Waals surface area contributed by atoms with Gasteiger partial charge in [-0.1, -0.05) is 43.6 Å². The predicted octanol–water partition coefficient (Wildman–Crippen LogP) is 3.81. The Labute approximate surface area is 273 Å². The Morgan fingerprint density at radius 1 is 0.851 bits per heavy atom. The van der Waals surface area contributed by atoms with Crippen molar-refractivity contribution in [1.82, 2.24) is 0 Å². The first-order valence-electron chi connectivity index (χ1n) is 14.8. The Morgan fingerprint density at radius 2 is 1.47 bits per heavy atom. The van der Waals surface area contributed by atoms with Crippen molar-refractivity contribution in [3.8, 4) is 17.2 Å². The molecule has 3 fully saturated rings. The molecule has 5 rings (SSSR count). The van der Waals surface area contributed by atoms with Crippen LogP contribution in [0.2, 0.25) is 0 Å². The average Bonchev–Trinajstić information content (AvgIpc) is 3.48. The highest BCUT2D eigenvalue weighted by Gasteiger charge is 2.54. The lowest BCUT2D eigenvalue weighted by Crippen LogP contribution is -2.57. The predicted molar refractivity (Wildman–Crippen MR) is 163 cm³/mol. The van der Waals surface area contributed by atoms with Gasteiger partial charge in [-0.2, -0.15) is 16.8 Å². The molecule has 18 heteroatoms. The topological polar surface area (TPSA) is 200 Å². The first kappa shape index (κ1) is 35.1. The molecular weight excluding hydrogens is 662 g/mol. The maximum atomic E-state index is 12.9. The highest BCUT2D eigenvalue weighted by atomic mass is 32.3. The fourth-order valence-electron chi connectivity index (χ4n) is 5.65. The van der Waals surface area contributed by atoms with E-state index in [2.05, 4.69) is 10.0 Å². The Balaban J connectivity index is 1.28. The van der Waals surface area contributed by atoms with Crippen LogP contribution in [0.3, 0.4) is 0 Å². The summed E-state index contributed by atoms with van der Waals surface area (Å²) in [4.78, 5) is 2.96. The number of methoxy groups -OCH3 is 1. The van der Waals surface area contributed by atoms with Gasteiger partial charge in [0.2, 0.25) is 0 Å². The molecule has 10 atom stereocenters. The minimum Gasteiger partial charge on any atom is -0.497 e. The number of hydrogen-bond donors (Lipinski definition) is 0. The van der Waals surface area contributed by atoms with Crippen molar-refractivity contribution in [2.24, 2.45) is 22.9 Å². The van der Waals surface area contributed by atoms with Crippen LogP contribution in [0.1, 0.15) is 26.3 Å². The Kier molecular flexibility index (Phi) is 10.8. The van der Waals surface area contributed by atoms with Gasteiger partial charge in [-0.05, 0) is 60.7 Å². The average molecular weight is 700 g/mol. The van der Waals surface area contributed by atoms with Crippen LogP contribution in [-0.4, -0.2) is 80.2 Å². The molecule has 258 valence electrons. The quantitative estimate of drug-likeness (QED) is 0.166. The SMILES string of the molecule is COc1ccc(OS(=O)(=O)OCC2O[C@H](O[C@@H]3C4CO[C@H](O4)C(OS(=O)(=O)Oc4ccc(C)cc4)[C@H]3C)C(N=[N+]=[N-])[C@@H](C)[C@@H]2C)cc1. The fourth-order valence-corrected chi connectivity index (χ4v) is 7.27. The molecule has 0 saturated carbocycles. The summed E-state index contributed by atoms with van der Waals surface area (Å²) in [6, 6.07) is 11.4. The molecule has 16 nitrogen and oxygen atoms in total. The number of benzene rings is 2. The summed E-state index contributed by atoms with van der Waals surface area (Å²) in [7, 11) is -7.57. The number of nitrogens with zero attached hydrogens (tertiary/aromatic N) is 3. The van der Waals surface area contributed by atoms with Crippen LogP contribution < -0.4 is 13.1 Å².